The van der Waals surface area contributed by atoms with Crippen molar-refractivity contribution in [2.45, 2.75) is 116 Å². The Bertz CT molecular complexity index is 687. The molecule has 0 spiro atoms. The molecule has 1 aromatic rings. The van der Waals surface area contributed by atoms with E-state index in [1.807, 2.05) is 19.9 Å². The Morgan fingerprint density at radius 2 is 1.52 bits per heavy atom. The maximum Gasteiger partial charge on any atom is 0.219 e. The predicted octanol–water partition coefficient (Wildman–Crippen LogP) is 9.02. The first-order valence-electron chi connectivity index (χ1n) is 13.3. The number of nitrogens with one attached hydrogen (secondary N) is 1. The standard InChI is InChI=1S/C30H48ClNO/c1-4-5-6-7-8-9-10-11-12-13-14-15-16-17-18-25-29(33)32-26-21-23-27-22-19-20-24-28(27)30(2,3)31/h8-9,11-12,19-20,22,24H,4-7,10,13-18,21,23,25-26H2,1-3H3,(H,32,33)/b9-8-,12-11-. The minimum atomic E-state index is -0.360. The van der Waals surface area contributed by atoms with Crippen LogP contribution in [0.2, 0.25) is 0 Å². The number of benzene rings is 1. The number of alkyl halides is 1. The zero-order valence-electron chi connectivity index (χ0n) is 21.5. The molecule has 0 saturated carbocycles. The van der Waals surface area contributed by atoms with Gasteiger partial charge in [-0.25, -0.2) is 0 Å². The predicted molar refractivity (Wildman–Crippen MR) is 146 cm³/mol. The minimum absolute atomic E-state index is 0.187. The molecule has 0 bridgehead atoms. The van der Waals surface area contributed by atoms with E-state index >= 15 is 0 Å². The van der Waals surface area contributed by atoms with Crippen molar-refractivity contribution in [3.05, 3.63) is 59.7 Å². The molecule has 1 aromatic carbocycles. The molecule has 0 aliphatic carbocycles. The van der Waals surface area contributed by atoms with Gasteiger partial charge < -0.3 is 5.32 Å². The van der Waals surface area contributed by atoms with E-state index in [1.54, 1.807) is 0 Å². The molecule has 0 heterocycles. The van der Waals surface area contributed by atoms with Gasteiger partial charge in [0.1, 0.15) is 0 Å². The Morgan fingerprint density at radius 3 is 2.21 bits per heavy atom. The summed E-state index contributed by atoms with van der Waals surface area (Å²) in [6.07, 6.45) is 25.0. The van der Waals surface area contributed by atoms with Gasteiger partial charge in [-0.3, -0.25) is 4.79 Å². The lowest BCUT2D eigenvalue weighted by Gasteiger charge is -2.20. The monoisotopic (exact) mass is 473 g/mol. The summed E-state index contributed by atoms with van der Waals surface area (Å²) >= 11 is 6.51. The molecule has 1 rings (SSSR count). The molecule has 186 valence electrons. The number of amides is 1. The molecule has 1 N–H and O–H groups in total. The van der Waals surface area contributed by atoms with E-state index in [0.717, 1.165) is 38.6 Å². The molecule has 0 aliphatic heterocycles. The van der Waals surface area contributed by atoms with E-state index in [9.17, 15) is 4.79 Å². The van der Waals surface area contributed by atoms with Crippen molar-refractivity contribution < 1.29 is 4.79 Å². The van der Waals surface area contributed by atoms with Gasteiger partial charge in [0.15, 0.2) is 0 Å². The maximum absolute atomic E-state index is 12.1. The molecule has 1 amide bonds. The average molecular weight is 474 g/mol. The highest BCUT2D eigenvalue weighted by Crippen LogP contribution is 2.30. The fourth-order valence-corrected chi connectivity index (χ4v) is 4.19. The highest BCUT2D eigenvalue weighted by Gasteiger charge is 2.19. The molecule has 0 aliphatic rings. The average Bonchev–Trinajstić information content (AvgIpc) is 2.79. The second kappa shape index (κ2) is 18.8. The van der Waals surface area contributed by atoms with Crippen molar-refractivity contribution in [1.29, 1.82) is 0 Å². The molecule has 33 heavy (non-hydrogen) atoms. The molecule has 0 radical (unpaired) electrons. The number of hydrogen-bond acceptors (Lipinski definition) is 1. The number of allylic oxidation sites excluding steroid dienone is 4. The summed E-state index contributed by atoms with van der Waals surface area (Å²) in [5, 5.41) is 3.07. The van der Waals surface area contributed by atoms with Crippen LogP contribution in [-0.2, 0) is 16.1 Å². The van der Waals surface area contributed by atoms with Gasteiger partial charge in [0.2, 0.25) is 5.91 Å². The van der Waals surface area contributed by atoms with Gasteiger partial charge in [-0.2, -0.15) is 0 Å². The third-order valence-electron chi connectivity index (χ3n) is 5.96. The summed E-state index contributed by atoms with van der Waals surface area (Å²) in [7, 11) is 0. The zero-order chi connectivity index (χ0) is 24.2. The first-order valence-corrected chi connectivity index (χ1v) is 13.7. The Morgan fingerprint density at radius 1 is 0.879 bits per heavy atom. The van der Waals surface area contributed by atoms with E-state index in [-0.39, 0.29) is 10.8 Å². The first kappa shape index (κ1) is 29.5. The van der Waals surface area contributed by atoms with Crippen molar-refractivity contribution >= 4 is 17.5 Å². The molecule has 2 nitrogen and oxygen atoms in total. The van der Waals surface area contributed by atoms with Crippen LogP contribution in [0.5, 0.6) is 0 Å². The van der Waals surface area contributed by atoms with Gasteiger partial charge in [-0.05, 0) is 76.3 Å². The lowest BCUT2D eigenvalue weighted by Crippen LogP contribution is -2.24. The van der Waals surface area contributed by atoms with Crippen LogP contribution in [0.15, 0.2) is 48.6 Å². The van der Waals surface area contributed by atoms with Gasteiger partial charge >= 0.3 is 0 Å². The SMILES string of the molecule is CCCCC/C=C\C/C=C\CCCCCCCC(=O)NCCCc1ccccc1C(C)(C)Cl. The van der Waals surface area contributed by atoms with Crippen molar-refractivity contribution in [2.24, 2.45) is 0 Å². The second-order valence-corrected chi connectivity index (χ2v) is 10.5. The summed E-state index contributed by atoms with van der Waals surface area (Å²) in [5.41, 5.74) is 2.46. The Kier molecular flexibility index (Phi) is 16.8. The normalized spacial score (nSPS) is 12.1. The fourth-order valence-electron chi connectivity index (χ4n) is 4.01. The van der Waals surface area contributed by atoms with E-state index < -0.39 is 0 Å². The van der Waals surface area contributed by atoms with Crippen LogP contribution in [0.4, 0.5) is 0 Å². The number of rotatable bonds is 19. The summed E-state index contributed by atoms with van der Waals surface area (Å²) < 4.78 is 0. The molecule has 0 aromatic heterocycles. The van der Waals surface area contributed by atoms with Crippen LogP contribution in [0.25, 0.3) is 0 Å². The van der Waals surface area contributed by atoms with Gasteiger partial charge in [0.25, 0.3) is 0 Å². The van der Waals surface area contributed by atoms with Crippen LogP contribution >= 0.6 is 11.6 Å². The summed E-state index contributed by atoms with van der Waals surface area (Å²) in [4.78, 5) is 11.7. The molecule has 0 unspecified atom stereocenters. The smallest absolute Gasteiger partial charge is 0.219 e. The molecule has 0 fully saturated rings. The lowest BCUT2D eigenvalue weighted by atomic mass is 9.94. The lowest BCUT2D eigenvalue weighted by molar-refractivity contribution is -0.121. The highest BCUT2D eigenvalue weighted by atomic mass is 35.5. The second-order valence-electron chi connectivity index (χ2n) is 9.56. The van der Waals surface area contributed by atoms with E-state index in [1.165, 1.54) is 62.5 Å². The van der Waals surface area contributed by atoms with Crippen molar-refractivity contribution in [3.63, 3.8) is 0 Å². The number of carbonyl (C=O) groups is 1. The number of halogens is 1. The molecular formula is C30H48ClNO. The topological polar surface area (TPSA) is 29.1 Å². The number of unbranched alkanes of at least 4 members (excludes halogenated alkanes) is 8. The fraction of sp³-hybridized carbons (Fsp3) is 0.633. The third kappa shape index (κ3) is 15.8. The largest absolute Gasteiger partial charge is 0.356 e. The van der Waals surface area contributed by atoms with Gasteiger partial charge in [0.05, 0.1) is 4.87 Å². The first-order chi connectivity index (χ1) is 15.9. The van der Waals surface area contributed by atoms with E-state index in [4.69, 9.17) is 11.6 Å². The summed E-state index contributed by atoms with van der Waals surface area (Å²) in [6, 6.07) is 8.34. The molecule has 0 atom stereocenters. The van der Waals surface area contributed by atoms with Crippen LogP contribution in [-0.4, -0.2) is 12.5 Å². The maximum atomic E-state index is 12.1. The summed E-state index contributed by atoms with van der Waals surface area (Å²) in [5.74, 6) is 0.187. The highest BCUT2D eigenvalue weighted by molar-refractivity contribution is 6.23. The van der Waals surface area contributed by atoms with Gasteiger partial charge in [0, 0.05) is 13.0 Å². The van der Waals surface area contributed by atoms with E-state index in [2.05, 4.69) is 54.7 Å². The minimum Gasteiger partial charge on any atom is -0.356 e. The van der Waals surface area contributed by atoms with E-state index in [0.29, 0.717) is 6.42 Å². The number of aryl methyl sites for hydroxylation is 1. The third-order valence-corrected chi connectivity index (χ3v) is 6.16. The van der Waals surface area contributed by atoms with Crippen molar-refractivity contribution in [1.82, 2.24) is 5.32 Å². The van der Waals surface area contributed by atoms with Crippen LogP contribution in [0.1, 0.15) is 115 Å². The van der Waals surface area contributed by atoms with Crippen LogP contribution in [0, 0.1) is 0 Å². The number of hydrogen-bond donors (Lipinski definition) is 1. The number of carbonyl (C=O) groups excluding carboxylic acids is 1. The van der Waals surface area contributed by atoms with Crippen molar-refractivity contribution in [2.75, 3.05) is 6.54 Å². The molecular weight excluding hydrogens is 426 g/mol. The van der Waals surface area contributed by atoms with Crippen LogP contribution in [0.3, 0.4) is 0 Å². The Balaban J connectivity index is 1.97. The Labute approximate surface area is 209 Å². The van der Waals surface area contributed by atoms with Gasteiger partial charge in [-0.15, -0.1) is 11.6 Å². The quantitative estimate of drug-likeness (QED) is 0.121. The summed E-state index contributed by atoms with van der Waals surface area (Å²) in [6.45, 7) is 7.04. The van der Waals surface area contributed by atoms with Gasteiger partial charge in [-0.1, -0.05) is 87.6 Å². The molecule has 0 saturated heterocycles. The van der Waals surface area contributed by atoms with Crippen LogP contribution < -0.4 is 5.32 Å². The zero-order valence-corrected chi connectivity index (χ0v) is 22.3. The Hall–Kier alpha value is -1.54. The molecule has 3 heteroatoms. The van der Waals surface area contributed by atoms with Crippen molar-refractivity contribution in [3.8, 4) is 0 Å².